The summed E-state index contributed by atoms with van der Waals surface area (Å²) in [4.78, 5) is 4.17. The molecule has 0 bridgehead atoms. The molecule has 0 amide bonds. The minimum Gasteiger partial charge on any atom is -0.293 e. The second-order valence-electron chi connectivity index (χ2n) is 2.24. The van der Waals surface area contributed by atoms with Crippen LogP contribution < -0.4 is 0 Å². The van der Waals surface area contributed by atoms with Crippen molar-refractivity contribution in [2.75, 3.05) is 6.54 Å². The van der Waals surface area contributed by atoms with Crippen LogP contribution in [0.15, 0.2) is 16.6 Å². The standard InChI is InChI=1S/C9H17N/c1-4-7-9(5-2)8-10-6-3/h5,8H,4,6-7H2,1-3H3/b9-5-,10-8-. The van der Waals surface area contributed by atoms with Crippen molar-refractivity contribution in [1.82, 2.24) is 0 Å². The zero-order chi connectivity index (χ0) is 7.82. The van der Waals surface area contributed by atoms with E-state index in [4.69, 9.17) is 0 Å². The molecule has 0 saturated carbocycles. The molecule has 0 fully saturated rings. The van der Waals surface area contributed by atoms with Gasteiger partial charge in [-0.1, -0.05) is 19.4 Å². The van der Waals surface area contributed by atoms with Crippen LogP contribution in [0.4, 0.5) is 0 Å². The third-order valence-electron chi connectivity index (χ3n) is 1.35. The van der Waals surface area contributed by atoms with Crippen molar-refractivity contribution in [2.45, 2.75) is 33.6 Å². The van der Waals surface area contributed by atoms with Crippen LogP contribution in [0.3, 0.4) is 0 Å². The summed E-state index contributed by atoms with van der Waals surface area (Å²) in [6.45, 7) is 7.19. The van der Waals surface area contributed by atoms with Crippen LogP contribution in [0.2, 0.25) is 0 Å². The Balaban J connectivity index is 3.72. The van der Waals surface area contributed by atoms with Crippen LogP contribution in [0.25, 0.3) is 0 Å². The van der Waals surface area contributed by atoms with E-state index in [0.717, 1.165) is 13.0 Å². The number of rotatable bonds is 4. The Hall–Kier alpha value is -0.590. The molecule has 0 spiro atoms. The van der Waals surface area contributed by atoms with Gasteiger partial charge in [0.15, 0.2) is 0 Å². The fraction of sp³-hybridized carbons (Fsp3) is 0.667. The molecule has 0 saturated heterocycles. The first-order chi connectivity index (χ1) is 4.85. The summed E-state index contributed by atoms with van der Waals surface area (Å²) in [5.41, 5.74) is 1.35. The van der Waals surface area contributed by atoms with E-state index in [-0.39, 0.29) is 0 Å². The van der Waals surface area contributed by atoms with Crippen LogP contribution in [0, 0.1) is 0 Å². The summed E-state index contributed by atoms with van der Waals surface area (Å²) < 4.78 is 0. The Labute approximate surface area is 63.9 Å². The molecule has 0 heterocycles. The third kappa shape index (κ3) is 4.30. The van der Waals surface area contributed by atoms with E-state index in [1.54, 1.807) is 0 Å². The molecule has 0 rings (SSSR count). The van der Waals surface area contributed by atoms with E-state index in [9.17, 15) is 0 Å². The van der Waals surface area contributed by atoms with Gasteiger partial charge in [0.2, 0.25) is 0 Å². The van der Waals surface area contributed by atoms with Gasteiger partial charge >= 0.3 is 0 Å². The van der Waals surface area contributed by atoms with Gasteiger partial charge in [0.25, 0.3) is 0 Å². The van der Waals surface area contributed by atoms with Crippen LogP contribution in [-0.2, 0) is 0 Å². The molecule has 0 aromatic rings. The van der Waals surface area contributed by atoms with Gasteiger partial charge in [-0.2, -0.15) is 0 Å². The molecule has 0 aromatic carbocycles. The van der Waals surface area contributed by atoms with Gasteiger partial charge in [-0.05, 0) is 25.8 Å². The smallest absolute Gasteiger partial charge is 0.0361 e. The van der Waals surface area contributed by atoms with Crippen molar-refractivity contribution < 1.29 is 0 Å². The molecule has 0 aromatic heterocycles. The van der Waals surface area contributed by atoms with Crippen molar-refractivity contribution in [1.29, 1.82) is 0 Å². The molecule has 0 aliphatic heterocycles. The maximum atomic E-state index is 4.17. The monoisotopic (exact) mass is 139 g/mol. The molecule has 1 nitrogen and oxygen atoms in total. The van der Waals surface area contributed by atoms with Crippen LogP contribution in [0.1, 0.15) is 33.6 Å². The van der Waals surface area contributed by atoms with Gasteiger partial charge in [-0.3, -0.25) is 4.99 Å². The predicted molar refractivity (Wildman–Crippen MR) is 47.7 cm³/mol. The molecule has 0 radical (unpaired) electrons. The van der Waals surface area contributed by atoms with E-state index in [1.807, 2.05) is 6.21 Å². The SMILES string of the molecule is C/C=C(\C=N/CC)CCC. The van der Waals surface area contributed by atoms with Gasteiger partial charge in [-0.25, -0.2) is 0 Å². The summed E-state index contributed by atoms with van der Waals surface area (Å²) in [5.74, 6) is 0. The Morgan fingerprint density at radius 2 is 2.10 bits per heavy atom. The predicted octanol–water partition coefficient (Wildman–Crippen LogP) is 2.82. The zero-order valence-corrected chi connectivity index (χ0v) is 7.22. The highest BCUT2D eigenvalue weighted by molar-refractivity contribution is 5.78. The normalized spacial score (nSPS) is 12.9. The van der Waals surface area contributed by atoms with Gasteiger partial charge < -0.3 is 0 Å². The molecular weight excluding hydrogens is 122 g/mol. The number of hydrogen-bond donors (Lipinski definition) is 0. The summed E-state index contributed by atoms with van der Waals surface area (Å²) in [6.07, 6.45) is 6.46. The molecule has 0 N–H and O–H groups in total. The van der Waals surface area contributed by atoms with Gasteiger partial charge in [0.1, 0.15) is 0 Å². The molecule has 0 aliphatic carbocycles. The second-order valence-corrected chi connectivity index (χ2v) is 2.24. The van der Waals surface area contributed by atoms with E-state index in [0.29, 0.717) is 0 Å². The average molecular weight is 139 g/mol. The molecule has 1 heteroatoms. The Morgan fingerprint density at radius 1 is 1.40 bits per heavy atom. The lowest BCUT2D eigenvalue weighted by Crippen LogP contribution is -1.84. The van der Waals surface area contributed by atoms with Crippen molar-refractivity contribution in [3.63, 3.8) is 0 Å². The summed E-state index contributed by atoms with van der Waals surface area (Å²) >= 11 is 0. The lowest BCUT2D eigenvalue weighted by Gasteiger charge is -1.94. The minimum absolute atomic E-state index is 0.890. The molecule has 0 atom stereocenters. The van der Waals surface area contributed by atoms with Crippen molar-refractivity contribution >= 4 is 6.21 Å². The first-order valence-electron chi connectivity index (χ1n) is 4.00. The quantitative estimate of drug-likeness (QED) is 0.531. The van der Waals surface area contributed by atoms with Gasteiger partial charge in [0.05, 0.1) is 0 Å². The highest BCUT2D eigenvalue weighted by Crippen LogP contribution is 2.00. The Bertz CT molecular complexity index is 123. The van der Waals surface area contributed by atoms with Gasteiger partial charge in [0, 0.05) is 12.8 Å². The average Bonchev–Trinajstić information content (AvgIpc) is 1.98. The maximum Gasteiger partial charge on any atom is 0.0361 e. The maximum absolute atomic E-state index is 4.17. The summed E-state index contributed by atoms with van der Waals surface area (Å²) in [6, 6.07) is 0. The number of nitrogens with zero attached hydrogens (tertiary/aromatic N) is 1. The lowest BCUT2D eigenvalue weighted by atomic mass is 10.1. The van der Waals surface area contributed by atoms with Crippen LogP contribution in [0.5, 0.6) is 0 Å². The van der Waals surface area contributed by atoms with Crippen LogP contribution >= 0.6 is 0 Å². The van der Waals surface area contributed by atoms with E-state index in [1.165, 1.54) is 12.0 Å². The highest BCUT2D eigenvalue weighted by Gasteiger charge is 1.86. The fourth-order valence-electron chi connectivity index (χ4n) is 0.781. The summed E-state index contributed by atoms with van der Waals surface area (Å²) in [7, 11) is 0. The molecular formula is C9H17N. The number of aliphatic imine (C=N–C) groups is 1. The zero-order valence-electron chi connectivity index (χ0n) is 7.22. The summed E-state index contributed by atoms with van der Waals surface area (Å²) in [5, 5.41) is 0. The largest absolute Gasteiger partial charge is 0.293 e. The number of allylic oxidation sites excluding steroid dienone is 2. The van der Waals surface area contributed by atoms with Crippen molar-refractivity contribution in [2.24, 2.45) is 4.99 Å². The fourth-order valence-corrected chi connectivity index (χ4v) is 0.781. The van der Waals surface area contributed by atoms with E-state index < -0.39 is 0 Å². The first kappa shape index (κ1) is 9.41. The Morgan fingerprint density at radius 3 is 2.50 bits per heavy atom. The number of hydrogen-bond acceptors (Lipinski definition) is 1. The first-order valence-corrected chi connectivity index (χ1v) is 4.00. The molecule has 58 valence electrons. The third-order valence-corrected chi connectivity index (χ3v) is 1.35. The van der Waals surface area contributed by atoms with E-state index >= 15 is 0 Å². The van der Waals surface area contributed by atoms with Crippen molar-refractivity contribution in [3.05, 3.63) is 11.6 Å². The van der Waals surface area contributed by atoms with Crippen molar-refractivity contribution in [3.8, 4) is 0 Å². The topological polar surface area (TPSA) is 12.4 Å². The van der Waals surface area contributed by atoms with E-state index in [2.05, 4.69) is 31.8 Å². The molecule has 0 aliphatic rings. The van der Waals surface area contributed by atoms with Crippen LogP contribution in [-0.4, -0.2) is 12.8 Å². The highest BCUT2D eigenvalue weighted by atomic mass is 14.7. The van der Waals surface area contributed by atoms with Gasteiger partial charge in [-0.15, -0.1) is 0 Å². The lowest BCUT2D eigenvalue weighted by molar-refractivity contribution is 0.935. The molecule has 10 heavy (non-hydrogen) atoms. The molecule has 0 unspecified atom stereocenters. The minimum atomic E-state index is 0.890. The second kappa shape index (κ2) is 6.53. The Kier molecular flexibility index (Phi) is 6.14.